The Morgan fingerprint density at radius 3 is 2.58 bits per heavy atom. The van der Waals surface area contributed by atoms with Crippen molar-refractivity contribution in [2.45, 2.75) is 32.2 Å². The number of piperidine rings is 1. The molecule has 0 atom stereocenters. The van der Waals surface area contributed by atoms with Gasteiger partial charge in [-0.05, 0) is 80.9 Å². The van der Waals surface area contributed by atoms with Gasteiger partial charge in [0.25, 0.3) is 0 Å². The number of hydrogen-bond donors (Lipinski definition) is 0. The molecule has 0 aliphatic carbocycles. The Balaban J connectivity index is 1.48. The van der Waals surface area contributed by atoms with Gasteiger partial charge in [0.15, 0.2) is 0 Å². The molecule has 0 spiro atoms. The summed E-state index contributed by atoms with van der Waals surface area (Å²) in [5.74, 6) is 0. The Bertz CT molecular complexity index is 1310. The molecule has 33 heavy (non-hydrogen) atoms. The smallest absolute Gasteiger partial charge is 0.0991 e. The van der Waals surface area contributed by atoms with Crippen molar-refractivity contribution >= 4 is 22.5 Å². The lowest BCUT2D eigenvalue weighted by Gasteiger charge is -2.26. The Hall–Kier alpha value is -3.13. The fourth-order valence-electron chi connectivity index (χ4n) is 4.84. The van der Waals surface area contributed by atoms with Crippen molar-refractivity contribution in [3.05, 3.63) is 77.7 Å². The van der Waals surface area contributed by atoms with E-state index in [1.54, 1.807) is 0 Å². The first-order chi connectivity index (χ1) is 16.2. The predicted molar refractivity (Wildman–Crippen MR) is 135 cm³/mol. The van der Waals surface area contributed by atoms with Crippen molar-refractivity contribution in [2.75, 3.05) is 19.6 Å². The van der Waals surface area contributed by atoms with Crippen molar-refractivity contribution in [2.24, 2.45) is 0 Å². The molecule has 4 aromatic rings. The van der Waals surface area contributed by atoms with Crippen molar-refractivity contribution in [1.82, 2.24) is 14.5 Å². The molecule has 0 amide bonds. The van der Waals surface area contributed by atoms with Gasteiger partial charge in [0.2, 0.25) is 0 Å². The summed E-state index contributed by atoms with van der Waals surface area (Å²) in [5.41, 5.74) is 6.06. The molecule has 2 aromatic heterocycles. The number of pyridine rings is 1. The van der Waals surface area contributed by atoms with Gasteiger partial charge in [-0.1, -0.05) is 30.2 Å². The summed E-state index contributed by atoms with van der Waals surface area (Å²) in [5, 5.41) is 11.3. The van der Waals surface area contributed by atoms with Crippen LogP contribution in [0.1, 0.15) is 31.2 Å². The maximum atomic E-state index is 9.48. The number of nitrogens with zero attached hydrogens (tertiary/aromatic N) is 4. The average molecular weight is 455 g/mol. The van der Waals surface area contributed by atoms with E-state index in [-0.39, 0.29) is 0 Å². The monoisotopic (exact) mass is 454 g/mol. The van der Waals surface area contributed by atoms with Gasteiger partial charge in [0.1, 0.15) is 0 Å². The van der Waals surface area contributed by atoms with Crippen LogP contribution in [0, 0.1) is 11.3 Å². The topological polar surface area (TPSA) is 44.9 Å². The van der Waals surface area contributed by atoms with Crippen molar-refractivity contribution in [3.63, 3.8) is 0 Å². The molecule has 0 bridgehead atoms. The minimum absolute atomic E-state index is 0.675. The maximum absolute atomic E-state index is 9.48. The molecule has 1 aliphatic heterocycles. The standard InChI is InChI=1S/C28H27ClN4/c29-25-7-4-6-22(16-25)23-15-24(19-31-18-23)27-20-33(13-5-12-32-10-2-1-3-11-32)28-9-8-21(17-30)14-26(27)28/h4,6-9,14-16,18-20H,1-3,5,10-13H2. The van der Waals surface area contributed by atoms with Crippen molar-refractivity contribution in [1.29, 1.82) is 5.26 Å². The lowest BCUT2D eigenvalue weighted by molar-refractivity contribution is 0.223. The largest absolute Gasteiger partial charge is 0.347 e. The van der Waals surface area contributed by atoms with E-state index in [9.17, 15) is 5.26 Å². The summed E-state index contributed by atoms with van der Waals surface area (Å²) in [4.78, 5) is 7.11. The third-order valence-corrected chi connectivity index (χ3v) is 6.77. The van der Waals surface area contributed by atoms with Gasteiger partial charge < -0.3 is 9.47 Å². The highest BCUT2D eigenvalue weighted by atomic mass is 35.5. The first-order valence-electron chi connectivity index (χ1n) is 11.7. The van der Waals surface area contributed by atoms with Crippen LogP contribution < -0.4 is 0 Å². The molecule has 1 fully saturated rings. The Morgan fingerprint density at radius 1 is 0.909 bits per heavy atom. The minimum Gasteiger partial charge on any atom is -0.347 e. The van der Waals surface area contributed by atoms with E-state index in [0.29, 0.717) is 10.6 Å². The number of rotatable bonds is 6. The molecule has 4 nitrogen and oxygen atoms in total. The number of likely N-dealkylation sites (tertiary alicyclic amines) is 1. The lowest BCUT2D eigenvalue weighted by Crippen LogP contribution is -2.31. The van der Waals surface area contributed by atoms with Gasteiger partial charge in [0.05, 0.1) is 11.6 Å². The summed E-state index contributed by atoms with van der Waals surface area (Å²) in [6.45, 7) is 4.55. The fourth-order valence-corrected chi connectivity index (χ4v) is 5.03. The number of aryl methyl sites for hydroxylation is 1. The molecule has 3 heterocycles. The second kappa shape index (κ2) is 9.79. The van der Waals surface area contributed by atoms with Crippen molar-refractivity contribution in [3.8, 4) is 28.3 Å². The van der Waals surface area contributed by atoms with E-state index in [1.807, 2.05) is 48.8 Å². The molecule has 0 N–H and O–H groups in total. The fraction of sp³-hybridized carbons (Fsp3) is 0.286. The number of fused-ring (bicyclic) bond motifs is 1. The van der Waals surface area contributed by atoms with Crippen LogP contribution in [0.15, 0.2) is 67.1 Å². The maximum Gasteiger partial charge on any atom is 0.0991 e. The number of halogens is 1. The molecule has 0 saturated carbocycles. The Kier molecular flexibility index (Phi) is 6.44. The van der Waals surface area contributed by atoms with E-state index >= 15 is 0 Å². The minimum atomic E-state index is 0.675. The Morgan fingerprint density at radius 2 is 1.76 bits per heavy atom. The SMILES string of the molecule is N#Cc1ccc2c(c1)c(-c1cncc(-c3cccc(Cl)c3)c1)cn2CCCN1CCCCC1. The normalized spacial score (nSPS) is 14.4. The zero-order chi connectivity index (χ0) is 22.6. The lowest BCUT2D eigenvalue weighted by atomic mass is 10.0. The summed E-state index contributed by atoms with van der Waals surface area (Å²) >= 11 is 6.21. The van der Waals surface area contributed by atoms with Gasteiger partial charge in [-0.25, -0.2) is 0 Å². The highest BCUT2D eigenvalue weighted by Gasteiger charge is 2.14. The summed E-state index contributed by atoms with van der Waals surface area (Å²) < 4.78 is 2.34. The van der Waals surface area contributed by atoms with Crippen LogP contribution in [0.2, 0.25) is 5.02 Å². The van der Waals surface area contributed by atoms with E-state index in [0.717, 1.165) is 52.7 Å². The number of nitriles is 1. The molecular formula is C28H27ClN4. The molecule has 2 aromatic carbocycles. The Labute approximate surface area is 200 Å². The van der Waals surface area contributed by atoms with Crippen LogP contribution >= 0.6 is 11.6 Å². The number of benzene rings is 2. The average Bonchev–Trinajstić information content (AvgIpc) is 3.22. The van der Waals surface area contributed by atoms with Gasteiger partial charge in [-0.3, -0.25) is 4.98 Å². The third kappa shape index (κ3) is 4.80. The zero-order valence-electron chi connectivity index (χ0n) is 18.7. The predicted octanol–water partition coefficient (Wildman–Crippen LogP) is 6.77. The summed E-state index contributed by atoms with van der Waals surface area (Å²) in [6, 6.07) is 18.3. The summed E-state index contributed by atoms with van der Waals surface area (Å²) in [7, 11) is 0. The summed E-state index contributed by atoms with van der Waals surface area (Å²) in [6.07, 6.45) is 11.1. The highest BCUT2D eigenvalue weighted by molar-refractivity contribution is 6.30. The molecule has 5 rings (SSSR count). The van der Waals surface area contributed by atoms with E-state index in [2.05, 4.69) is 38.8 Å². The van der Waals surface area contributed by atoms with Gasteiger partial charge in [-0.2, -0.15) is 5.26 Å². The first-order valence-corrected chi connectivity index (χ1v) is 12.1. The quantitative estimate of drug-likeness (QED) is 0.323. The third-order valence-electron chi connectivity index (χ3n) is 6.54. The second-order valence-electron chi connectivity index (χ2n) is 8.81. The van der Waals surface area contributed by atoms with Crippen LogP contribution in [0.25, 0.3) is 33.2 Å². The molecule has 0 radical (unpaired) electrons. The first kappa shape index (κ1) is 21.7. The van der Waals surface area contributed by atoms with Gasteiger partial charge >= 0.3 is 0 Å². The van der Waals surface area contributed by atoms with Crippen LogP contribution in [0.3, 0.4) is 0 Å². The number of aromatic nitrogens is 2. The molecule has 0 unspecified atom stereocenters. The van der Waals surface area contributed by atoms with Crippen LogP contribution in [0.5, 0.6) is 0 Å². The van der Waals surface area contributed by atoms with Crippen molar-refractivity contribution < 1.29 is 0 Å². The molecule has 166 valence electrons. The zero-order valence-corrected chi connectivity index (χ0v) is 19.4. The highest BCUT2D eigenvalue weighted by Crippen LogP contribution is 2.34. The number of hydrogen-bond acceptors (Lipinski definition) is 3. The molecule has 1 saturated heterocycles. The second-order valence-corrected chi connectivity index (χ2v) is 9.24. The van der Waals surface area contributed by atoms with E-state index < -0.39 is 0 Å². The van der Waals surface area contributed by atoms with Crippen LogP contribution in [-0.4, -0.2) is 34.1 Å². The van der Waals surface area contributed by atoms with Gasteiger partial charge in [0, 0.05) is 57.8 Å². The molecule has 1 aliphatic rings. The van der Waals surface area contributed by atoms with Gasteiger partial charge in [-0.15, -0.1) is 0 Å². The van der Waals surface area contributed by atoms with E-state index in [1.165, 1.54) is 32.4 Å². The van der Waals surface area contributed by atoms with Crippen LogP contribution in [-0.2, 0) is 6.54 Å². The molecule has 5 heteroatoms. The van der Waals surface area contributed by atoms with E-state index in [4.69, 9.17) is 11.6 Å². The molecular weight excluding hydrogens is 428 g/mol. The van der Waals surface area contributed by atoms with Crippen LogP contribution in [0.4, 0.5) is 0 Å².